The van der Waals surface area contributed by atoms with Gasteiger partial charge in [-0.2, -0.15) is 0 Å². The maximum absolute atomic E-state index is 11.9. The van der Waals surface area contributed by atoms with Gasteiger partial charge in [-0.1, -0.05) is 30.3 Å². The molecule has 0 bridgehead atoms. The van der Waals surface area contributed by atoms with Crippen molar-refractivity contribution in [1.82, 2.24) is 19.9 Å². The summed E-state index contributed by atoms with van der Waals surface area (Å²) in [5.41, 5.74) is 1.94. The Morgan fingerprint density at radius 1 is 1.12 bits per heavy atom. The molecule has 0 aliphatic rings. The van der Waals surface area contributed by atoms with E-state index in [1.165, 1.54) is 6.33 Å². The van der Waals surface area contributed by atoms with Gasteiger partial charge in [0.15, 0.2) is 5.65 Å². The van der Waals surface area contributed by atoms with Gasteiger partial charge in [0, 0.05) is 5.56 Å². The topological polar surface area (TPSA) is 71.5 Å². The van der Waals surface area contributed by atoms with Crippen LogP contribution in [0.3, 0.4) is 0 Å². The molecule has 1 aromatic carbocycles. The van der Waals surface area contributed by atoms with Crippen molar-refractivity contribution in [2.45, 2.75) is 0 Å². The van der Waals surface area contributed by atoms with Crippen LogP contribution in [0.4, 0.5) is 0 Å². The van der Waals surface area contributed by atoms with Gasteiger partial charge in [0.1, 0.15) is 17.5 Å². The Hall–Kier alpha value is -2.56. The van der Waals surface area contributed by atoms with E-state index < -0.39 is 0 Å². The fraction of sp³-hybridized carbons (Fsp3) is 0. The van der Waals surface area contributed by atoms with Crippen LogP contribution in [-0.4, -0.2) is 19.9 Å². The molecule has 0 saturated heterocycles. The first-order valence-electron chi connectivity index (χ1n) is 5.10. The van der Waals surface area contributed by atoms with Gasteiger partial charge in [0.25, 0.3) is 5.56 Å². The highest BCUT2D eigenvalue weighted by Gasteiger charge is 2.07. The van der Waals surface area contributed by atoms with Crippen LogP contribution in [0, 0.1) is 0 Å². The van der Waals surface area contributed by atoms with Crippen molar-refractivity contribution in [2.24, 2.45) is 0 Å². The number of rotatable bonds is 1. The molecule has 0 saturated carbocycles. The Bertz CT molecular complexity index is 721. The molecule has 0 aliphatic carbocycles. The van der Waals surface area contributed by atoms with Crippen LogP contribution < -0.4 is 5.56 Å². The number of nitrogens with one attached hydrogen (secondary N) is 1. The number of fused-ring (bicyclic) bond motifs is 1. The van der Waals surface area contributed by atoms with Gasteiger partial charge in [0.05, 0.1) is 6.20 Å². The zero-order chi connectivity index (χ0) is 11.7. The monoisotopic (exact) mass is 224 g/mol. The summed E-state index contributed by atoms with van der Waals surface area (Å²) in [4.78, 5) is 26.6. The van der Waals surface area contributed by atoms with E-state index in [1.54, 1.807) is 6.20 Å². The van der Waals surface area contributed by atoms with Gasteiger partial charge in [-0.05, 0) is 0 Å². The number of hydrogen-bond acceptors (Lipinski definition) is 4. The lowest BCUT2D eigenvalue weighted by atomic mass is 10.1. The van der Waals surface area contributed by atoms with E-state index in [2.05, 4.69) is 19.9 Å². The third-order valence-corrected chi connectivity index (χ3v) is 2.42. The Morgan fingerprint density at radius 3 is 2.76 bits per heavy atom. The molecule has 0 spiro atoms. The smallest absolute Gasteiger partial charge is 0.276 e. The van der Waals surface area contributed by atoms with E-state index in [-0.39, 0.29) is 5.56 Å². The van der Waals surface area contributed by atoms with Gasteiger partial charge in [-0.3, -0.25) is 4.79 Å². The summed E-state index contributed by atoms with van der Waals surface area (Å²) in [6, 6.07) is 9.30. The zero-order valence-corrected chi connectivity index (χ0v) is 8.79. The van der Waals surface area contributed by atoms with Crippen LogP contribution in [-0.2, 0) is 0 Å². The Morgan fingerprint density at radius 2 is 1.94 bits per heavy atom. The normalized spacial score (nSPS) is 10.6. The SMILES string of the molecule is O=c1[nH]c2ncncc2nc1-c1ccccc1. The van der Waals surface area contributed by atoms with Crippen molar-refractivity contribution in [3.05, 3.63) is 53.2 Å². The highest BCUT2D eigenvalue weighted by atomic mass is 16.1. The fourth-order valence-electron chi connectivity index (χ4n) is 1.63. The van der Waals surface area contributed by atoms with Crippen LogP contribution in [0.25, 0.3) is 22.4 Å². The van der Waals surface area contributed by atoms with Crippen molar-refractivity contribution in [1.29, 1.82) is 0 Å². The molecule has 3 aromatic rings. The molecular weight excluding hydrogens is 216 g/mol. The van der Waals surface area contributed by atoms with Crippen molar-refractivity contribution in [3.8, 4) is 11.3 Å². The summed E-state index contributed by atoms with van der Waals surface area (Å²) < 4.78 is 0. The summed E-state index contributed by atoms with van der Waals surface area (Å²) in [6.45, 7) is 0. The molecule has 2 aromatic heterocycles. The largest absolute Gasteiger partial charge is 0.303 e. The Balaban J connectivity index is 2.31. The third kappa shape index (κ3) is 1.67. The minimum absolute atomic E-state index is 0.248. The summed E-state index contributed by atoms with van der Waals surface area (Å²) in [7, 11) is 0. The second kappa shape index (κ2) is 3.79. The number of H-pyrrole nitrogens is 1. The van der Waals surface area contributed by atoms with E-state index in [9.17, 15) is 4.79 Å². The minimum Gasteiger partial charge on any atom is -0.303 e. The molecule has 5 nitrogen and oxygen atoms in total. The van der Waals surface area contributed by atoms with E-state index in [0.717, 1.165) is 5.56 Å². The molecule has 2 heterocycles. The molecule has 0 fully saturated rings. The number of nitrogens with zero attached hydrogens (tertiary/aromatic N) is 3. The lowest BCUT2D eigenvalue weighted by Gasteiger charge is -2.00. The molecule has 0 aliphatic heterocycles. The number of hydrogen-bond donors (Lipinski definition) is 1. The van der Waals surface area contributed by atoms with Crippen LogP contribution in [0.15, 0.2) is 47.7 Å². The minimum atomic E-state index is -0.248. The average molecular weight is 224 g/mol. The highest BCUT2D eigenvalue weighted by Crippen LogP contribution is 2.13. The van der Waals surface area contributed by atoms with E-state index in [0.29, 0.717) is 16.9 Å². The predicted octanol–water partition coefficient (Wildman–Crippen LogP) is 1.38. The molecule has 0 unspecified atom stereocenters. The average Bonchev–Trinajstić information content (AvgIpc) is 2.39. The van der Waals surface area contributed by atoms with E-state index >= 15 is 0 Å². The first-order valence-corrected chi connectivity index (χ1v) is 5.10. The van der Waals surface area contributed by atoms with Gasteiger partial charge in [-0.25, -0.2) is 15.0 Å². The standard InChI is InChI=1S/C12H8N4O/c17-12-10(8-4-2-1-3-5-8)15-9-6-13-7-14-11(9)16-12/h1-7H,(H,13,14,16,17). The summed E-state index contributed by atoms with van der Waals surface area (Å²) in [5, 5.41) is 0. The van der Waals surface area contributed by atoms with Crippen LogP contribution in [0.1, 0.15) is 0 Å². The molecule has 0 amide bonds. The number of aromatic amines is 1. The lowest BCUT2D eigenvalue weighted by molar-refractivity contribution is 1.12. The maximum Gasteiger partial charge on any atom is 0.276 e. The first-order chi connectivity index (χ1) is 8.34. The maximum atomic E-state index is 11.9. The summed E-state index contributed by atoms with van der Waals surface area (Å²) in [6.07, 6.45) is 2.95. The second-order valence-electron chi connectivity index (χ2n) is 3.54. The molecule has 17 heavy (non-hydrogen) atoms. The predicted molar refractivity (Wildman–Crippen MR) is 63.4 cm³/mol. The van der Waals surface area contributed by atoms with E-state index in [1.807, 2.05) is 30.3 Å². The quantitative estimate of drug-likeness (QED) is 0.677. The van der Waals surface area contributed by atoms with Crippen LogP contribution in [0.2, 0.25) is 0 Å². The van der Waals surface area contributed by atoms with Crippen molar-refractivity contribution in [3.63, 3.8) is 0 Å². The van der Waals surface area contributed by atoms with Crippen LogP contribution >= 0.6 is 0 Å². The van der Waals surface area contributed by atoms with E-state index in [4.69, 9.17) is 0 Å². The van der Waals surface area contributed by atoms with Crippen molar-refractivity contribution < 1.29 is 0 Å². The fourth-order valence-corrected chi connectivity index (χ4v) is 1.63. The van der Waals surface area contributed by atoms with Gasteiger partial charge in [-0.15, -0.1) is 0 Å². The van der Waals surface area contributed by atoms with Crippen molar-refractivity contribution in [2.75, 3.05) is 0 Å². The molecule has 0 atom stereocenters. The molecule has 82 valence electrons. The highest BCUT2D eigenvalue weighted by molar-refractivity contribution is 5.72. The number of aromatic nitrogens is 4. The zero-order valence-electron chi connectivity index (χ0n) is 8.79. The number of benzene rings is 1. The first kappa shape index (κ1) is 9.65. The van der Waals surface area contributed by atoms with Gasteiger partial charge >= 0.3 is 0 Å². The molecule has 3 rings (SSSR count). The Labute approximate surface area is 96.2 Å². The summed E-state index contributed by atoms with van der Waals surface area (Å²) >= 11 is 0. The molecule has 5 heteroatoms. The second-order valence-corrected chi connectivity index (χ2v) is 3.54. The van der Waals surface area contributed by atoms with Gasteiger partial charge < -0.3 is 4.98 Å². The summed E-state index contributed by atoms with van der Waals surface area (Å²) in [5.74, 6) is 0. The third-order valence-electron chi connectivity index (χ3n) is 2.42. The molecule has 0 radical (unpaired) electrons. The Kier molecular flexibility index (Phi) is 2.15. The molecular formula is C12H8N4O. The molecule has 1 N–H and O–H groups in total. The van der Waals surface area contributed by atoms with Crippen LogP contribution in [0.5, 0.6) is 0 Å². The van der Waals surface area contributed by atoms with Crippen molar-refractivity contribution >= 4 is 11.2 Å². The lowest BCUT2D eigenvalue weighted by Crippen LogP contribution is -2.12. The van der Waals surface area contributed by atoms with Gasteiger partial charge in [0.2, 0.25) is 0 Å².